The maximum Gasteiger partial charge on any atom is 0.252 e. The van der Waals surface area contributed by atoms with Crippen LogP contribution in [-0.4, -0.2) is 26.9 Å². The molecule has 6 nitrogen and oxygen atoms in total. The van der Waals surface area contributed by atoms with Crippen molar-refractivity contribution in [1.82, 2.24) is 20.3 Å². The Kier molecular flexibility index (Phi) is 4.14. The SMILES string of the molecule is CC(Cc1cnccn1)NC(=O)c1cc(=O)[nH]c2ccccc12. The third-order valence-electron chi connectivity index (χ3n) is 3.50. The van der Waals surface area contributed by atoms with E-state index >= 15 is 0 Å². The summed E-state index contributed by atoms with van der Waals surface area (Å²) in [6, 6.07) is 8.44. The standard InChI is InChI=1S/C17H16N4O2/c1-11(8-12-10-18-6-7-19-12)20-17(23)14-9-16(22)21-15-5-3-2-4-13(14)15/h2-7,9-11H,8H2,1H3,(H,20,23)(H,21,22). The number of hydrogen-bond donors (Lipinski definition) is 2. The number of nitrogens with one attached hydrogen (secondary N) is 2. The topological polar surface area (TPSA) is 87.7 Å². The van der Waals surface area contributed by atoms with E-state index in [0.717, 1.165) is 11.1 Å². The molecule has 1 unspecified atom stereocenters. The van der Waals surface area contributed by atoms with E-state index in [1.165, 1.54) is 6.07 Å². The Hall–Kier alpha value is -3.02. The molecule has 0 saturated heterocycles. The molecule has 0 aliphatic heterocycles. The molecule has 0 aliphatic carbocycles. The average molecular weight is 308 g/mol. The Labute approximate surface area is 132 Å². The van der Waals surface area contributed by atoms with Crippen molar-refractivity contribution in [1.29, 1.82) is 0 Å². The lowest BCUT2D eigenvalue weighted by Crippen LogP contribution is -2.35. The number of para-hydroxylation sites is 1. The minimum Gasteiger partial charge on any atom is -0.349 e. The summed E-state index contributed by atoms with van der Waals surface area (Å²) >= 11 is 0. The van der Waals surface area contributed by atoms with E-state index in [1.54, 1.807) is 24.7 Å². The van der Waals surface area contributed by atoms with Gasteiger partial charge in [-0.15, -0.1) is 0 Å². The molecular weight excluding hydrogens is 292 g/mol. The Bertz CT molecular complexity index is 890. The van der Waals surface area contributed by atoms with Crippen LogP contribution in [0.25, 0.3) is 10.9 Å². The highest BCUT2D eigenvalue weighted by atomic mass is 16.2. The summed E-state index contributed by atoms with van der Waals surface area (Å²) in [4.78, 5) is 35.2. The summed E-state index contributed by atoms with van der Waals surface area (Å²) in [7, 11) is 0. The molecule has 3 aromatic rings. The van der Waals surface area contributed by atoms with Crippen LogP contribution in [0.1, 0.15) is 23.0 Å². The summed E-state index contributed by atoms with van der Waals surface area (Å²) in [6.07, 6.45) is 5.47. The number of aromatic nitrogens is 3. The van der Waals surface area contributed by atoms with Gasteiger partial charge in [-0.25, -0.2) is 0 Å². The number of amides is 1. The molecule has 2 aromatic heterocycles. The summed E-state index contributed by atoms with van der Waals surface area (Å²) in [5.74, 6) is -0.274. The number of hydrogen-bond acceptors (Lipinski definition) is 4. The van der Waals surface area contributed by atoms with Gasteiger partial charge in [-0.1, -0.05) is 18.2 Å². The maximum absolute atomic E-state index is 12.5. The molecule has 0 spiro atoms. The summed E-state index contributed by atoms with van der Waals surface area (Å²) in [5, 5.41) is 3.62. The minimum absolute atomic E-state index is 0.128. The van der Waals surface area contributed by atoms with Crippen molar-refractivity contribution in [2.75, 3.05) is 0 Å². The van der Waals surface area contributed by atoms with Gasteiger partial charge in [-0.3, -0.25) is 19.6 Å². The highest BCUT2D eigenvalue weighted by Crippen LogP contribution is 2.14. The van der Waals surface area contributed by atoms with E-state index in [1.807, 2.05) is 25.1 Å². The van der Waals surface area contributed by atoms with Crippen LogP contribution in [0.2, 0.25) is 0 Å². The van der Waals surface area contributed by atoms with Gasteiger partial charge in [0.15, 0.2) is 0 Å². The largest absolute Gasteiger partial charge is 0.349 e. The van der Waals surface area contributed by atoms with Crippen molar-refractivity contribution >= 4 is 16.8 Å². The molecule has 0 saturated carbocycles. The maximum atomic E-state index is 12.5. The highest BCUT2D eigenvalue weighted by molar-refractivity contribution is 6.06. The molecule has 0 fully saturated rings. The predicted octanol–water partition coefficient (Wildman–Crippen LogP) is 1.68. The monoisotopic (exact) mass is 308 g/mol. The number of fused-ring (bicyclic) bond motifs is 1. The molecule has 3 rings (SSSR count). The molecule has 0 radical (unpaired) electrons. The summed E-state index contributed by atoms with van der Waals surface area (Å²) < 4.78 is 0. The Morgan fingerprint density at radius 1 is 1.30 bits per heavy atom. The van der Waals surface area contributed by atoms with Crippen LogP contribution < -0.4 is 10.9 Å². The molecule has 2 heterocycles. The van der Waals surface area contributed by atoms with E-state index < -0.39 is 0 Å². The van der Waals surface area contributed by atoms with E-state index in [9.17, 15) is 9.59 Å². The Morgan fingerprint density at radius 2 is 2.13 bits per heavy atom. The van der Waals surface area contributed by atoms with Gasteiger partial charge in [0, 0.05) is 48.0 Å². The lowest BCUT2D eigenvalue weighted by Gasteiger charge is -2.14. The van der Waals surface area contributed by atoms with E-state index in [2.05, 4.69) is 20.3 Å². The van der Waals surface area contributed by atoms with E-state index in [4.69, 9.17) is 0 Å². The quantitative estimate of drug-likeness (QED) is 0.767. The minimum atomic E-state index is -0.296. The van der Waals surface area contributed by atoms with Crippen LogP contribution in [0.15, 0.2) is 53.7 Å². The number of benzene rings is 1. The molecule has 1 amide bonds. The third-order valence-corrected chi connectivity index (χ3v) is 3.50. The zero-order valence-corrected chi connectivity index (χ0v) is 12.6. The van der Waals surface area contributed by atoms with Crippen LogP contribution in [0.3, 0.4) is 0 Å². The van der Waals surface area contributed by atoms with E-state index in [0.29, 0.717) is 17.5 Å². The van der Waals surface area contributed by atoms with Crippen molar-refractivity contribution in [3.05, 3.63) is 70.5 Å². The fourth-order valence-electron chi connectivity index (χ4n) is 2.49. The number of carbonyl (C=O) groups excluding carboxylic acids is 1. The highest BCUT2D eigenvalue weighted by Gasteiger charge is 2.14. The second kappa shape index (κ2) is 6.39. The van der Waals surface area contributed by atoms with E-state index in [-0.39, 0.29) is 17.5 Å². The number of carbonyl (C=O) groups is 1. The molecule has 6 heteroatoms. The zero-order chi connectivity index (χ0) is 16.2. The fraction of sp³-hybridized carbons (Fsp3) is 0.176. The lowest BCUT2D eigenvalue weighted by atomic mass is 10.1. The summed E-state index contributed by atoms with van der Waals surface area (Å²) in [6.45, 7) is 1.89. The van der Waals surface area contributed by atoms with Crippen molar-refractivity contribution in [3.8, 4) is 0 Å². The number of nitrogens with zero attached hydrogens (tertiary/aromatic N) is 2. The first-order chi connectivity index (χ1) is 11.1. The molecule has 0 aliphatic rings. The fourth-order valence-corrected chi connectivity index (χ4v) is 2.49. The molecule has 1 aromatic carbocycles. The predicted molar refractivity (Wildman–Crippen MR) is 87.2 cm³/mol. The van der Waals surface area contributed by atoms with Crippen LogP contribution in [0.4, 0.5) is 0 Å². The van der Waals surface area contributed by atoms with Gasteiger partial charge in [0.1, 0.15) is 0 Å². The van der Waals surface area contributed by atoms with Gasteiger partial charge in [-0.05, 0) is 13.0 Å². The molecule has 1 atom stereocenters. The molecule has 116 valence electrons. The third kappa shape index (κ3) is 3.42. The van der Waals surface area contributed by atoms with Gasteiger partial charge in [0.25, 0.3) is 5.91 Å². The normalized spacial score (nSPS) is 12.0. The average Bonchev–Trinajstić information content (AvgIpc) is 2.54. The van der Waals surface area contributed by atoms with Gasteiger partial charge in [-0.2, -0.15) is 0 Å². The van der Waals surface area contributed by atoms with Crippen molar-refractivity contribution in [2.45, 2.75) is 19.4 Å². The summed E-state index contributed by atoms with van der Waals surface area (Å²) in [5.41, 5.74) is 1.52. The van der Waals surface area contributed by atoms with Crippen LogP contribution in [0.5, 0.6) is 0 Å². The second-order valence-electron chi connectivity index (χ2n) is 5.37. The van der Waals surface area contributed by atoms with Crippen LogP contribution in [0, 0.1) is 0 Å². The first-order valence-electron chi connectivity index (χ1n) is 7.31. The van der Waals surface area contributed by atoms with Crippen molar-refractivity contribution in [2.24, 2.45) is 0 Å². The van der Waals surface area contributed by atoms with Crippen molar-refractivity contribution < 1.29 is 4.79 Å². The molecular formula is C17H16N4O2. The van der Waals surface area contributed by atoms with Gasteiger partial charge < -0.3 is 10.3 Å². The molecule has 0 bridgehead atoms. The number of H-pyrrole nitrogens is 1. The lowest BCUT2D eigenvalue weighted by molar-refractivity contribution is 0.0941. The smallest absolute Gasteiger partial charge is 0.252 e. The van der Waals surface area contributed by atoms with Gasteiger partial charge in [0.2, 0.25) is 5.56 Å². The second-order valence-corrected chi connectivity index (χ2v) is 5.37. The van der Waals surface area contributed by atoms with Crippen LogP contribution >= 0.6 is 0 Å². The van der Waals surface area contributed by atoms with Gasteiger partial charge >= 0.3 is 0 Å². The Balaban J connectivity index is 1.82. The van der Waals surface area contributed by atoms with Crippen molar-refractivity contribution in [3.63, 3.8) is 0 Å². The first-order valence-corrected chi connectivity index (χ1v) is 7.31. The van der Waals surface area contributed by atoms with Gasteiger partial charge in [0.05, 0.1) is 11.3 Å². The molecule has 2 N–H and O–H groups in total. The number of pyridine rings is 1. The number of aromatic amines is 1. The first kappa shape index (κ1) is 14.9. The Morgan fingerprint density at radius 3 is 2.91 bits per heavy atom. The zero-order valence-electron chi connectivity index (χ0n) is 12.6. The molecule has 23 heavy (non-hydrogen) atoms. The van der Waals surface area contributed by atoms with Crippen LogP contribution in [-0.2, 0) is 6.42 Å². The number of rotatable bonds is 4.